The van der Waals surface area contributed by atoms with E-state index in [0.29, 0.717) is 6.54 Å². The highest BCUT2D eigenvalue weighted by Gasteiger charge is 2.03. The first kappa shape index (κ1) is 12.3. The summed E-state index contributed by atoms with van der Waals surface area (Å²) in [6.45, 7) is 5.44. The maximum Gasteiger partial charge on any atom is 0.326 e. The molecular weight excluding hydrogens is 230 g/mol. The fourth-order valence-corrected chi connectivity index (χ4v) is 1.80. The van der Waals surface area contributed by atoms with Crippen LogP contribution in [0.2, 0.25) is 0 Å². The van der Waals surface area contributed by atoms with Crippen molar-refractivity contribution in [2.45, 2.75) is 26.8 Å². The summed E-state index contributed by atoms with van der Waals surface area (Å²) < 4.78 is 3.38. The Bertz CT molecular complexity index is 515. The highest BCUT2D eigenvalue weighted by molar-refractivity contribution is 5.76. The molecule has 0 atom stereocenters. The molecule has 2 aromatic rings. The van der Waals surface area contributed by atoms with Crippen molar-refractivity contribution in [2.75, 3.05) is 6.54 Å². The zero-order valence-corrected chi connectivity index (χ0v) is 10.6. The molecule has 1 N–H and O–H groups in total. The Hall–Kier alpha value is -2.11. The van der Waals surface area contributed by atoms with E-state index < -0.39 is 0 Å². The van der Waals surface area contributed by atoms with E-state index in [9.17, 15) is 4.79 Å². The van der Waals surface area contributed by atoms with Crippen LogP contribution in [-0.2, 0) is 6.54 Å². The number of hydrogen-bond donors (Lipinski definition) is 1. The number of hydrogen-bond acceptors (Lipinski definition) is 3. The van der Waals surface area contributed by atoms with Crippen molar-refractivity contribution in [3.05, 3.63) is 36.2 Å². The lowest BCUT2D eigenvalue weighted by atomic mass is 10.4. The highest BCUT2D eigenvalue weighted by atomic mass is 16.2. The number of nitrogens with zero attached hydrogens (tertiary/aromatic N) is 4. The SMILES string of the molecule is Cc1cc(C)n(CCCNC(=O)n2ccnc2)n1. The Morgan fingerprint density at radius 1 is 1.44 bits per heavy atom. The molecule has 0 saturated carbocycles. The average Bonchev–Trinajstić information content (AvgIpc) is 2.94. The van der Waals surface area contributed by atoms with Gasteiger partial charge in [-0.3, -0.25) is 9.25 Å². The first-order valence-electron chi connectivity index (χ1n) is 5.94. The Balaban J connectivity index is 1.73. The van der Waals surface area contributed by atoms with Gasteiger partial charge >= 0.3 is 6.03 Å². The molecule has 6 heteroatoms. The van der Waals surface area contributed by atoms with Crippen LogP contribution in [0.25, 0.3) is 0 Å². The molecule has 0 bridgehead atoms. The number of carbonyl (C=O) groups excluding carboxylic acids is 1. The van der Waals surface area contributed by atoms with Crippen LogP contribution in [0.3, 0.4) is 0 Å². The molecule has 0 aliphatic carbocycles. The number of aromatic nitrogens is 4. The van der Waals surface area contributed by atoms with Gasteiger partial charge in [0.15, 0.2) is 0 Å². The molecule has 0 unspecified atom stereocenters. The molecule has 0 aliphatic rings. The topological polar surface area (TPSA) is 64.7 Å². The number of nitrogens with one attached hydrogen (secondary N) is 1. The zero-order valence-electron chi connectivity index (χ0n) is 10.6. The van der Waals surface area contributed by atoms with Crippen LogP contribution in [0, 0.1) is 13.8 Å². The third-order valence-electron chi connectivity index (χ3n) is 2.67. The minimum Gasteiger partial charge on any atom is -0.337 e. The Morgan fingerprint density at radius 2 is 2.28 bits per heavy atom. The molecule has 2 aromatic heterocycles. The molecule has 1 amide bonds. The lowest BCUT2D eigenvalue weighted by Gasteiger charge is -2.06. The van der Waals surface area contributed by atoms with Gasteiger partial charge in [0.05, 0.1) is 5.69 Å². The predicted molar refractivity (Wildman–Crippen MR) is 67.3 cm³/mol. The lowest BCUT2D eigenvalue weighted by Crippen LogP contribution is -2.29. The highest BCUT2D eigenvalue weighted by Crippen LogP contribution is 2.02. The van der Waals surface area contributed by atoms with Gasteiger partial charge in [0.25, 0.3) is 0 Å². The molecule has 0 aliphatic heterocycles. The fraction of sp³-hybridized carbons (Fsp3) is 0.417. The first-order chi connectivity index (χ1) is 8.66. The fourth-order valence-electron chi connectivity index (χ4n) is 1.80. The van der Waals surface area contributed by atoms with Crippen molar-refractivity contribution in [1.82, 2.24) is 24.6 Å². The van der Waals surface area contributed by atoms with E-state index in [1.807, 2.05) is 24.6 Å². The van der Waals surface area contributed by atoms with Gasteiger partial charge in [0.2, 0.25) is 0 Å². The van der Waals surface area contributed by atoms with Gasteiger partial charge in [-0.1, -0.05) is 0 Å². The van der Waals surface area contributed by atoms with Crippen molar-refractivity contribution in [3.8, 4) is 0 Å². The van der Waals surface area contributed by atoms with Crippen LogP contribution in [0.15, 0.2) is 24.8 Å². The van der Waals surface area contributed by atoms with E-state index in [1.54, 1.807) is 12.4 Å². The molecule has 0 radical (unpaired) electrons. The van der Waals surface area contributed by atoms with Crippen LogP contribution in [0.1, 0.15) is 17.8 Å². The van der Waals surface area contributed by atoms with Crippen LogP contribution in [-0.4, -0.2) is 31.9 Å². The second-order valence-electron chi connectivity index (χ2n) is 4.21. The second-order valence-corrected chi connectivity index (χ2v) is 4.21. The van der Waals surface area contributed by atoms with Gasteiger partial charge in [-0.15, -0.1) is 0 Å². The van der Waals surface area contributed by atoms with Crippen LogP contribution in [0.5, 0.6) is 0 Å². The van der Waals surface area contributed by atoms with E-state index in [2.05, 4.69) is 15.4 Å². The molecule has 0 aromatic carbocycles. The van der Waals surface area contributed by atoms with Crippen LogP contribution < -0.4 is 5.32 Å². The smallest absolute Gasteiger partial charge is 0.326 e. The second kappa shape index (κ2) is 5.48. The van der Waals surface area contributed by atoms with Crippen molar-refractivity contribution in [3.63, 3.8) is 0 Å². The van der Waals surface area contributed by atoms with Crippen LogP contribution in [0.4, 0.5) is 4.79 Å². The largest absolute Gasteiger partial charge is 0.337 e. The summed E-state index contributed by atoms with van der Waals surface area (Å²) >= 11 is 0. The molecular formula is C12H17N5O. The number of carbonyl (C=O) groups is 1. The monoisotopic (exact) mass is 247 g/mol. The number of aryl methyl sites for hydroxylation is 3. The van der Waals surface area contributed by atoms with Crippen LogP contribution >= 0.6 is 0 Å². The van der Waals surface area contributed by atoms with Gasteiger partial charge in [0.1, 0.15) is 6.33 Å². The van der Waals surface area contributed by atoms with Gasteiger partial charge < -0.3 is 5.32 Å². The van der Waals surface area contributed by atoms with Gasteiger partial charge in [0, 0.05) is 31.2 Å². The molecule has 18 heavy (non-hydrogen) atoms. The maximum atomic E-state index is 11.6. The number of imidazole rings is 1. The molecule has 96 valence electrons. The average molecular weight is 247 g/mol. The summed E-state index contributed by atoms with van der Waals surface area (Å²) in [5.74, 6) is 0. The van der Waals surface area contributed by atoms with E-state index in [0.717, 1.165) is 24.4 Å². The first-order valence-corrected chi connectivity index (χ1v) is 5.94. The van der Waals surface area contributed by atoms with E-state index >= 15 is 0 Å². The van der Waals surface area contributed by atoms with Gasteiger partial charge in [-0.05, 0) is 26.3 Å². The number of rotatable bonds is 4. The third kappa shape index (κ3) is 2.97. The van der Waals surface area contributed by atoms with Crippen molar-refractivity contribution >= 4 is 6.03 Å². The maximum absolute atomic E-state index is 11.6. The molecule has 2 rings (SSSR count). The van der Waals surface area contributed by atoms with Crippen molar-refractivity contribution in [2.24, 2.45) is 0 Å². The molecule has 0 fully saturated rings. The molecule has 2 heterocycles. The summed E-state index contributed by atoms with van der Waals surface area (Å²) in [7, 11) is 0. The van der Waals surface area contributed by atoms with E-state index in [4.69, 9.17) is 0 Å². The number of amides is 1. The van der Waals surface area contributed by atoms with Crippen molar-refractivity contribution < 1.29 is 4.79 Å². The zero-order chi connectivity index (χ0) is 13.0. The summed E-state index contributed by atoms with van der Waals surface area (Å²) in [6.07, 6.45) is 5.53. The molecule has 6 nitrogen and oxygen atoms in total. The Kier molecular flexibility index (Phi) is 3.76. The third-order valence-corrected chi connectivity index (χ3v) is 2.67. The molecule has 0 saturated heterocycles. The summed E-state index contributed by atoms with van der Waals surface area (Å²) in [5.41, 5.74) is 2.17. The lowest BCUT2D eigenvalue weighted by molar-refractivity contribution is 0.242. The van der Waals surface area contributed by atoms with Gasteiger partial charge in [-0.25, -0.2) is 9.78 Å². The summed E-state index contributed by atoms with van der Waals surface area (Å²) in [4.78, 5) is 15.4. The summed E-state index contributed by atoms with van der Waals surface area (Å²) in [5, 5.41) is 7.19. The molecule has 0 spiro atoms. The minimum atomic E-state index is -0.152. The standard InChI is InChI=1S/C12H17N5O/c1-10-8-11(2)17(15-10)6-3-4-14-12(18)16-7-5-13-9-16/h5,7-9H,3-4,6H2,1-2H3,(H,14,18). The Labute approximate surface area is 106 Å². The van der Waals surface area contributed by atoms with E-state index in [1.165, 1.54) is 10.9 Å². The predicted octanol–water partition coefficient (Wildman–Crippen LogP) is 1.34. The quantitative estimate of drug-likeness (QED) is 0.829. The normalized spacial score (nSPS) is 10.6. The van der Waals surface area contributed by atoms with Gasteiger partial charge in [-0.2, -0.15) is 5.10 Å². The Morgan fingerprint density at radius 3 is 2.89 bits per heavy atom. The van der Waals surface area contributed by atoms with E-state index in [-0.39, 0.29) is 6.03 Å². The summed E-state index contributed by atoms with van der Waals surface area (Å²) in [6, 6.07) is 1.89. The van der Waals surface area contributed by atoms with Crippen molar-refractivity contribution in [1.29, 1.82) is 0 Å². The minimum absolute atomic E-state index is 0.152.